The summed E-state index contributed by atoms with van der Waals surface area (Å²) in [5.74, 6) is 2.29. The van der Waals surface area contributed by atoms with Gasteiger partial charge in [0.25, 0.3) is 5.89 Å². The number of thiophene rings is 1. The van der Waals surface area contributed by atoms with Gasteiger partial charge in [-0.25, -0.2) is 0 Å². The Kier molecular flexibility index (Phi) is 6.43. The van der Waals surface area contributed by atoms with Crippen molar-refractivity contribution in [1.29, 1.82) is 0 Å². The second-order valence-corrected chi connectivity index (χ2v) is 9.63. The number of ether oxygens (including phenoxy) is 1. The summed E-state index contributed by atoms with van der Waals surface area (Å²) in [5, 5.41) is 20.3. The molecule has 10 heteroatoms. The highest BCUT2D eigenvalue weighted by Crippen LogP contribution is 2.36. The van der Waals surface area contributed by atoms with Gasteiger partial charge in [-0.05, 0) is 42.6 Å². The molecule has 33 heavy (non-hydrogen) atoms. The van der Waals surface area contributed by atoms with Crippen LogP contribution in [-0.4, -0.2) is 25.0 Å². The van der Waals surface area contributed by atoms with E-state index in [1.54, 1.807) is 17.4 Å². The van der Waals surface area contributed by atoms with Crippen LogP contribution in [0.4, 0.5) is 0 Å². The molecule has 3 aromatic heterocycles. The van der Waals surface area contributed by atoms with E-state index in [2.05, 4.69) is 20.4 Å². The van der Waals surface area contributed by atoms with Gasteiger partial charge in [-0.15, -0.1) is 31.7 Å². The van der Waals surface area contributed by atoms with Gasteiger partial charge in [-0.1, -0.05) is 59.8 Å². The topological polar surface area (TPSA) is 78.9 Å². The van der Waals surface area contributed by atoms with Crippen molar-refractivity contribution in [3.63, 3.8) is 0 Å². The van der Waals surface area contributed by atoms with Crippen LogP contribution in [0.15, 0.2) is 81.7 Å². The van der Waals surface area contributed by atoms with Gasteiger partial charge >= 0.3 is 0 Å². The molecule has 0 fully saturated rings. The van der Waals surface area contributed by atoms with Crippen LogP contribution >= 0.6 is 34.7 Å². The number of aromatic nitrogens is 5. The van der Waals surface area contributed by atoms with Crippen LogP contribution in [0.25, 0.3) is 16.5 Å². The molecule has 1 unspecified atom stereocenters. The highest BCUT2D eigenvalue weighted by atomic mass is 35.5. The molecule has 0 amide bonds. The molecule has 0 saturated heterocycles. The second kappa shape index (κ2) is 9.78. The smallest absolute Gasteiger partial charge is 0.257 e. The molecule has 1 atom stereocenters. The largest absolute Gasteiger partial charge is 0.484 e. The maximum Gasteiger partial charge on any atom is 0.257 e. The number of hydrogen-bond acceptors (Lipinski definition) is 8. The molecule has 3 heterocycles. The molecule has 0 bridgehead atoms. The summed E-state index contributed by atoms with van der Waals surface area (Å²) in [4.78, 5) is 0.942. The minimum Gasteiger partial charge on any atom is -0.484 e. The molecular weight excluding hydrogens is 478 g/mol. The number of nitrogens with zero attached hydrogens (tertiary/aromatic N) is 5. The SMILES string of the molecule is CC(Sc1nnc(COc2ccccc2Cl)n1-c1ccccc1)c1nnc(-c2cccs2)o1. The van der Waals surface area contributed by atoms with Crippen LogP contribution < -0.4 is 4.74 Å². The van der Waals surface area contributed by atoms with Crippen molar-refractivity contribution in [3.8, 4) is 22.2 Å². The van der Waals surface area contributed by atoms with Crippen LogP contribution in [0.3, 0.4) is 0 Å². The summed E-state index contributed by atoms with van der Waals surface area (Å²) < 4.78 is 13.8. The van der Waals surface area contributed by atoms with Gasteiger partial charge in [0.2, 0.25) is 5.89 Å². The highest BCUT2D eigenvalue weighted by molar-refractivity contribution is 7.99. The number of halogens is 1. The molecule has 0 saturated carbocycles. The monoisotopic (exact) mass is 495 g/mol. The maximum atomic E-state index is 6.23. The van der Waals surface area contributed by atoms with Gasteiger partial charge in [-0.3, -0.25) is 4.57 Å². The average Bonchev–Trinajstić information content (AvgIpc) is 3.60. The number of para-hydroxylation sites is 2. The second-order valence-electron chi connectivity index (χ2n) is 6.97. The summed E-state index contributed by atoms with van der Waals surface area (Å²) in [6.07, 6.45) is 0. The van der Waals surface area contributed by atoms with Gasteiger partial charge in [0, 0.05) is 5.69 Å². The quantitative estimate of drug-likeness (QED) is 0.228. The minimum absolute atomic E-state index is 0.129. The Hall–Kier alpha value is -3.14. The van der Waals surface area contributed by atoms with Gasteiger partial charge in [0.05, 0.1) is 15.1 Å². The van der Waals surface area contributed by atoms with Gasteiger partial charge in [-0.2, -0.15) is 0 Å². The molecule has 166 valence electrons. The number of rotatable bonds is 8. The van der Waals surface area contributed by atoms with Crippen molar-refractivity contribution in [2.45, 2.75) is 23.9 Å². The lowest BCUT2D eigenvalue weighted by Gasteiger charge is -2.12. The number of benzene rings is 2. The molecule has 0 aliphatic rings. The highest BCUT2D eigenvalue weighted by Gasteiger charge is 2.22. The normalized spacial score (nSPS) is 12.1. The lowest BCUT2D eigenvalue weighted by molar-refractivity contribution is 0.293. The first-order valence-electron chi connectivity index (χ1n) is 10.1. The van der Waals surface area contributed by atoms with E-state index in [0.717, 1.165) is 10.6 Å². The first kappa shape index (κ1) is 21.7. The van der Waals surface area contributed by atoms with E-state index in [4.69, 9.17) is 20.8 Å². The average molecular weight is 496 g/mol. The third-order valence-electron chi connectivity index (χ3n) is 4.71. The van der Waals surface area contributed by atoms with Crippen molar-refractivity contribution in [2.75, 3.05) is 0 Å². The van der Waals surface area contributed by atoms with Gasteiger partial charge in [0.15, 0.2) is 11.0 Å². The predicted octanol–water partition coefficient (Wildman–Crippen LogP) is 6.46. The Labute approximate surface area is 203 Å². The predicted molar refractivity (Wildman–Crippen MR) is 129 cm³/mol. The fraction of sp³-hybridized carbons (Fsp3) is 0.130. The third-order valence-corrected chi connectivity index (χ3v) is 6.91. The van der Waals surface area contributed by atoms with Crippen molar-refractivity contribution < 1.29 is 9.15 Å². The first-order valence-corrected chi connectivity index (χ1v) is 12.2. The van der Waals surface area contributed by atoms with Crippen LogP contribution in [-0.2, 0) is 6.61 Å². The molecule has 0 spiro atoms. The van der Waals surface area contributed by atoms with E-state index in [1.807, 2.05) is 77.5 Å². The standard InChI is InChI=1S/C23H18ClN5O2S2/c1-15(21-26-27-22(31-21)19-12-7-13-32-19)33-23-28-25-20(29(23)16-8-3-2-4-9-16)14-30-18-11-6-5-10-17(18)24/h2-13,15H,14H2,1H3. The van der Waals surface area contributed by atoms with Gasteiger partial charge < -0.3 is 9.15 Å². The maximum absolute atomic E-state index is 6.23. The van der Waals surface area contributed by atoms with Crippen molar-refractivity contribution in [2.24, 2.45) is 0 Å². The van der Waals surface area contributed by atoms with E-state index < -0.39 is 0 Å². The summed E-state index contributed by atoms with van der Waals surface area (Å²) in [5.41, 5.74) is 0.930. The van der Waals surface area contributed by atoms with Crippen molar-refractivity contribution >= 4 is 34.7 Å². The molecule has 5 aromatic rings. The molecule has 0 N–H and O–H groups in total. The van der Waals surface area contributed by atoms with Crippen LogP contribution in [0, 0.1) is 0 Å². The third kappa shape index (κ3) is 4.80. The Bertz CT molecular complexity index is 1340. The Balaban J connectivity index is 1.40. The van der Waals surface area contributed by atoms with Gasteiger partial charge in [0.1, 0.15) is 12.4 Å². The van der Waals surface area contributed by atoms with E-state index in [0.29, 0.717) is 33.5 Å². The zero-order chi connectivity index (χ0) is 22.6. The summed E-state index contributed by atoms with van der Waals surface area (Å²) in [6.45, 7) is 2.21. The molecule has 0 radical (unpaired) electrons. The number of thioether (sulfide) groups is 1. The van der Waals surface area contributed by atoms with E-state index in [1.165, 1.54) is 11.8 Å². The van der Waals surface area contributed by atoms with Crippen LogP contribution in [0.5, 0.6) is 5.75 Å². The molecule has 2 aromatic carbocycles. The lowest BCUT2D eigenvalue weighted by atomic mass is 10.3. The molecule has 7 nitrogen and oxygen atoms in total. The van der Waals surface area contributed by atoms with Crippen molar-refractivity contribution in [1.82, 2.24) is 25.0 Å². The van der Waals surface area contributed by atoms with Crippen LogP contribution in [0.1, 0.15) is 23.9 Å². The van der Waals surface area contributed by atoms with Crippen LogP contribution in [0.2, 0.25) is 5.02 Å². The van der Waals surface area contributed by atoms with E-state index in [-0.39, 0.29) is 11.9 Å². The minimum atomic E-state index is -0.129. The Morgan fingerprint density at radius 2 is 1.82 bits per heavy atom. The zero-order valence-electron chi connectivity index (χ0n) is 17.5. The van der Waals surface area contributed by atoms with E-state index >= 15 is 0 Å². The summed E-state index contributed by atoms with van der Waals surface area (Å²) in [6, 6.07) is 21.2. The first-order chi connectivity index (χ1) is 16.2. The zero-order valence-corrected chi connectivity index (χ0v) is 19.8. The van der Waals surface area contributed by atoms with Crippen molar-refractivity contribution in [3.05, 3.63) is 88.8 Å². The summed E-state index contributed by atoms with van der Waals surface area (Å²) in [7, 11) is 0. The molecule has 0 aliphatic heterocycles. The molecule has 0 aliphatic carbocycles. The fourth-order valence-electron chi connectivity index (χ4n) is 3.12. The Morgan fingerprint density at radius 3 is 2.61 bits per heavy atom. The molecule has 5 rings (SSSR count). The van der Waals surface area contributed by atoms with E-state index in [9.17, 15) is 0 Å². The number of hydrogen-bond donors (Lipinski definition) is 0. The lowest BCUT2D eigenvalue weighted by Crippen LogP contribution is -2.07. The Morgan fingerprint density at radius 1 is 1.00 bits per heavy atom. The fourth-order valence-corrected chi connectivity index (χ4v) is 4.87. The summed E-state index contributed by atoms with van der Waals surface area (Å²) >= 11 is 9.28. The molecular formula is C23H18ClN5O2S2.